The first-order chi connectivity index (χ1) is 17.5. The van der Waals surface area contributed by atoms with Gasteiger partial charge in [-0.25, -0.2) is 5.43 Å². The van der Waals surface area contributed by atoms with Crippen LogP contribution in [0.4, 0.5) is 0 Å². The molecule has 1 heterocycles. The van der Waals surface area contributed by atoms with Crippen molar-refractivity contribution in [3.05, 3.63) is 47.5 Å². The van der Waals surface area contributed by atoms with Gasteiger partial charge in [0.25, 0.3) is 5.91 Å². The highest BCUT2D eigenvalue weighted by molar-refractivity contribution is 5.95. The van der Waals surface area contributed by atoms with Crippen LogP contribution in [-0.4, -0.2) is 63.5 Å². The Balaban J connectivity index is 1.52. The summed E-state index contributed by atoms with van der Waals surface area (Å²) in [6.45, 7) is 6.08. The number of piperidine rings is 1. The fraction of sp³-hybridized carbons (Fsp3) is 0.444. The number of nitrogens with zero attached hydrogens (tertiary/aromatic N) is 2. The maximum atomic E-state index is 12.9. The van der Waals surface area contributed by atoms with Crippen LogP contribution in [0, 0.1) is 5.92 Å². The molecule has 0 atom stereocenters. The molecular formula is C27H35N3O6. The van der Waals surface area contributed by atoms with E-state index in [1.807, 2.05) is 32.0 Å². The third-order valence-electron chi connectivity index (χ3n) is 5.90. The molecule has 1 aliphatic heterocycles. The molecule has 0 spiro atoms. The molecule has 1 fully saturated rings. The van der Waals surface area contributed by atoms with Gasteiger partial charge in [-0.3, -0.25) is 9.59 Å². The highest BCUT2D eigenvalue weighted by Crippen LogP contribution is 2.29. The van der Waals surface area contributed by atoms with Gasteiger partial charge >= 0.3 is 0 Å². The van der Waals surface area contributed by atoms with Crippen LogP contribution in [0.15, 0.2) is 41.5 Å². The van der Waals surface area contributed by atoms with Crippen molar-refractivity contribution in [1.82, 2.24) is 10.3 Å². The van der Waals surface area contributed by atoms with Crippen LogP contribution in [0.5, 0.6) is 23.0 Å². The Morgan fingerprint density at radius 3 is 2.36 bits per heavy atom. The fourth-order valence-corrected chi connectivity index (χ4v) is 3.96. The van der Waals surface area contributed by atoms with Gasteiger partial charge < -0.3 is 23.8 Å². The van der Waals surface area contributed by atoms with Gasteiger partial charge in [-0.2, -0.15) is 5.10 Å². The molecule has 9 heteroatoms. The quantitative estimate of drug-likeness (QED) is 0.374. The summed E-state index contributed by atoms with van der Waals surface area (Å²) in [5, 5.41) is 4.12. The van der Waals surface area contributed by atoms with E-state index >= 15 is 0 Å². The maximum absolute atomic E-state index is 12.9. The maximum Gasteiger partial charge on any atom is 0.253 e. The molecule has 2 aromatic carbocycles. The van der Waals surface area contributed by atoms with E-state index in [1.165, 1.54) is 7.11 Å². The minimum absolute atomic E-state index is 0.0932. The van der Waals surface area contributed by atoms with Crippen LogP contribution in [0.2, 0.25) is 0 Å². The average molecular weight is 498 g/mol. The Kier molecular flexibility index (Phi) is 9.97. The van der Waals surface area contributed by atoms with Crippen LogP contribution in [0.1, 0.15) is 49.0 Å². The minimum Gasteiger partial charge on any atom is -0.493 e. The van der Waals surface area contributed by atoms with Gasteiger partial charge in [-0.15, -0.1) is 0 Å². The summed E-state index contributed by atoms with van der Waals surface area (Å²) in [6, 6.07) is 10.6. The summed E-state index contributed by atoms with van der Waals surface area (Å²) < 4.78 is 21.9. The number of carbonyl (C=O) groups is 2. The van der Waals surface area contributed by atoms with Crippen LogP contribution >= 0.6 is 0 Å². The number of likely N-dealkylation sites (tertiary alicyclic amines) is 1. The zero-order valence-corrected chi connectivity index (χ0v) is 21.4. The molecular weight excluding hydrogens is 462 g/mol. The number of nitrogens with one attached hydrogen (secondary N) is 1. The first-order valence-electron chi connectivity index (χ1n) is 12.2. The van der Waals surface area contributed by atoms with Gasteiger partial charge in [0.15, 0.2) is 23.0 Å². The molecule has 0 aromatic heterocycles. The van der Waals surface area contributed by atoms with Crippen molar-refractivity contribution in [3.63, 3.8) is 0 Å². The number of ether oxygens (including phenoxy) is 4. The normalized spacial score (nSPS) is 13.9. The second-order valence-corrected chi connectivity index (χ2v) is 8.36. The second-order valence-electron chi connectivity index (χ2n) is 8.36. The zero-order valence-electron chi connectivity index (χ0n) is 21.4. The van der Waals surface area contributed by atoms with E-state index in [2.05, 4.69) is 10.5 Å². The van der Waals surface area contributed by atoms with E-state index < -0.39 is 0 Å². The number of methoxy groups -OCH3 is 2. The van der Waals surface area contributed by atoms with Gasteiger partial charge in [-0.05, 0) is 68.1 Å². The number of benzene rings is 2. The van der Waals surface area contributed by atoms with Crippen molar-refractivity contribution in [2.45, 2.75) is 33.1 Å². The largest absolute Gasteiger partial charge is 0.493 e. The summed E-state index contributed by atoms with van der Waals surface area (Å²) in [4.78, 5) is 27.3. The molecule has 9 nitrogen and oxygen atoms in total. The van der Waals surface area contributed by atoms with Gasteiger partial charge in [0, 0.05) is 24.6 Å². The van der Waals surface area contributed by atoms with Crippen molar-refractivity contribution in [1.29, 1.82) is 0 Å². The van der Waals surface area contributed by atoms with E-state index in [0.29, 0.717) is 67.7 Å². The Bertz CT molecular complexity index is 1060. The first kappa shape index (κ1) is 26.8. The van der Waals surface area contributed by atoms with Gasteiger partial charge in [0.2, 0.25) is 5.91 Å². The molecule has 3 rings (SSSR count). The fourth-order valence-electron chi connectivity index (χ4n) is 3.96. The van der Waals surface area contributed by atoms with Crippen molar-refractivity contribution in [2.75, 3.05) is 40.5 Å². The van der Waals surface area contributed by atoms with Crippen molar-refractivity contribution < 1.29 is 28.5 Å². The average Bonchev–Trinajstić information content (AvgIpc) is 2.92. The number of hydrogen-bond acceptors (Lipinski definition) is 7. The third-order valence-corrected chi connectivity index (χ3v) is 5.90. The second kappa shape index (κ2) is 13.4. The molecule has 2 aromatic rings. The number of hydrazone groups is 1. The summed E-state index contributed by atoms with van der Waals surface area (Å²) >= 11 is 0. The topological polar surface area (TPSA) is 98.7 Å². The molecule has 194 valence electrons. The monoisotopic (exact) mass is 497 g/mol. The minimum atomic E-state index is -0.208. The molecule has 1 aliphatic rings. The molecule has 0 radical (unpaired) electrons. The Hall–Kier alpha value is -3.75. The first-order valence-corrected chi connectivity index (χ1v) is 12.2. The number of hydrogen-bond donors (Lipinski definition) is 1. The van der Waals surface area contributed by atoms with Gasteiger partial charge in [0.05, 0.1) is 33.6 Å². The Morgan fingerprint density at radius 2 is 1.69 bits per heavy atom. The predicted molar refractivity (Wildman–Crippen MR) is 137 cm³/mol. The highest BCUT2D eigenvalue weighted by atomic mass is 16.5. The number of rotatable bonds is 11. The highest BCUT2D eigenvalue weighted by Gasteiger charge is 2.28. The van der Waals surface area contributed by atoms with Crippen LogP contribution < -0.4 is 24.4 Å². The molecule has 2 amide bonds. The van der Waals surface area contributed by atoms with Crippen LogP contribution in [-0.2, 0) is 4.79 Å². The lowest BCUT2D eigenvalue weighted by Crippen LogP contribution is -2.42. The molecule has 36 heavy (non-hydrogen) atoms. The van der Waals surface area contributed by atoms with E-state index in [4.69, 9.17) is 18.9 Å². The smallest absolute Gasteiger partial charge is 0.253 e. The summed E-state index contributed by atoms with van der Waals surface area (Å²) in [5.41, 5.74) is 3.94. The summed E-state index contributed by atoms with van der Waals surface area (Å²) in [6.07, 6.45) is 3.63. The Labute approximate surface area is 212 Å². The lowest BCUT2D eigenvalue weighted by atomic mass is 9.95. The molecule has 0 aliphatic carbocycles. The lowest BCUT2D eigenvalue weighted by molar-refractivity contribution is -0.126. The van der Waals surface area contributed by atoms with Crippen LogP contribution in [0.3, 0.4) is 0 Å². The van der Waals surface area contributed by atoms with Crippen molar-refractivity contribution in [2.24, 2.45) is 11.0 Å². The van der Waals surface area contributed by atoms with E-state index in [0.717, 1.165) is 12.0 Å². The van der Waals surface area contributed by atoms with Crippen molar-refractivity contribution >= 4 is 18.0 Å². The zero-order chi connectivity index (χ0) is 25.9. The molecule has 0 unspecified atom stereocenters. The molecule has 0 saturated carbocycles. The van der Waals surface area contributed by atoms with E-state index in [-0.39, 0.29) is 17.7 Å². The number of amides is 2. The molecule has 0 bridgehead atoms. The molecule has 1 N–H and O–H groups in total. The van der Waals surface area contributed by atoms with Gasteiger partial charge in [-0.1, -0.05) is 6.92 Å². The van der Waals surface area contributed by atoms with Crippen molar-refractivity contribution in [3.8, 4) is 23.0 Å². The van der Waals surface area contributed by atoms with Crippen LogP contribution in [0.25, 0.3) is 0 Å². The predicted octanol–water partition coefficient (Wildman–Crippen LogP) is 3.89. The summed E-state index contributed by atoms with van der Waals surface area (Å²) in [7, 11) is 3.09. The standard InChI is InChI=1S/C27H35N3O6/c1-5-15-36-23-9-7-19(16-25(23)35-6-2)18-28-29-26(31)20-11-13-30(14-12-20)27(32)21-8-10-22(33-3)24(17-21)34-4/h7-10,16-18,20H,5-6,11-15H2,1-4H3,(H,29,31)/b28-18-. The van der Waals surface area contributed by atoms with E-state index in [9.17, 15) is 9.59 Å². The lowest BCUT2D eigenvalue weighted by Gasteiger charge is -2.31. The third kappa shape index (κ3) is 6.90. The SMILES string of the molecule is CCCOc1ccc(/C=N\NC(=O)C2CCN(C(=O)c3ccc(OC)c(OC)c3)CC2)cc1OCC. The number of carbonyl (C=O) groups excluding carboxylic acids is 2. The van der Waals surface area contributed by atoms with Gasteiger partial charge in [0.1, 0.15) is 0 Å². The Morgan fingerprint density at radius 1 is 0.972 bits per heavy atom. The summed E-state index contributed by atoms with van der Waals surface area (Å²) in [5.74, 6) is 1.95. The molecule has 1 saturated heterocycles. The van der Waals surface area contributed by atoms with E-state index in [1.54, 1.807) is 36.4 Å².